The molecule has 0 aliphatic carbocycles. The van der Waals surface area contributed by atoms with E-state index in [1.165, 1.54) is 0 Å². The summed E-state index contributed by atoms with van der Waals surface area (Å²) in [6.07, 6.45) is 3.13. The van der Waals surface area contributed by atoms with Crippen molar-refractivity contribution in [1.82, 2.24) is 9.55 Å². The molecule has 2 N–H and O–H groups in total. The lowest BCUT2D eigenvalue weighted by Crippen LogP contribution is -2.16. The number of rotatable bonds is 7. The molecular weight excluding hydrogens is 348 g/mol. The number of aliphatic imine (C=N–C) groups is 1. The molecule has 3 rings (SSSR count). The molecular formula is C19H22N4O2S. The van der Waals surface area contributed by atoms with Crippen molar-refractivity contribution >= 4 is 46.1 Å². The molecule has 0 unspecified atom stereocenters. The number of benzene rings is 1. The summed E-state index contributed by atoms with van der Waals surface area (Å²) >= 11 is 1.54. The zero-order chi connectivity index (χ0) is 18.5. The number of imidazole rings is 1. The zero-order valence-corrected chi connectivity index (χ0v) is 15.7. The average Bonchev–Trinajstić information content (AvgIpc) is 3.21. The van der Waals surface area contributed by atoms with E-state index in [1.54, 1.807) is 17.6 Å². The predicted molar refractivity (Wildman–Crippen MR) is 107 cm³/mol. The van der Waals surface area contributed by atoms with Crippen LogP contribution in [0, 0.1) is 0 Å². The van der Waals surface area contributed by atoms with E-state index < -0.39 is 0 Å². The predicted octanol–water partition coefficient (Wildman–Crippen LogP) is 4.02. The third-order valence-corrected chi connectivity index (χ3v) is 5.20. The van der Waals surface area contributed by atoms with Crippen LogP contribution >= 0.6 is 11.3 Å². The quantitative estimate of drug-likeness (QED) is 0.617. The fraction of sp³-hybridized carbons (Fsp3) is 0.316. The van der Waals surface area contributed by atoms with Crippen LogP contribution in [0.3, 0.4) is 0 Å². The Kier molecular flexibility index (Phi) is 5.80. The van der Waals surface area contributed by atoms with Gasteiger partial charge in [-0.25, -0.2) is 4.98 Å². The normalized spacial score (nSPS) is 11.5. The van der Waals surface area contributed by atoms with Crippen molar-refractivity contribution in [2.24, 2.45) is 4.99 Å². The highest BCUT2D eigenvalue weighted by Gasteiger charge is 2.19. The molecule has 0 radical (unpaired) electrons. The van der Waals surface area contributed by atoms with Gasteiger partial charge in [0.2, 0.25) is 5.95 Å². The maximum atomic E-state index is 12.9. The summed E-state index contributed by atoms with van der Waals surface area (Å²) in [5, 5.41) is 13.9. The first-order chi connectivity index (χ1) is 12.7. The molecule has 0 atom stereocenters. The van der Waals surface area contributed by atoms with Crippen molar-refractivity contribution in [3.63, 3.8) is 0 Å². The molecule has 136 valence electrons. The van der Waals surface area contributed by atoms with Gasteiger partial charge in [-0.3, -0.25) is 15.1 Å². The first kappa shape index (κ1) is 18.3. The van der Waals surface area contributed by atoms with Crippen molar-refractivity contribution in [2.75, 3.05) is 11.9 Å². The van der Waals surface area contributed by atoms with Crippen LogP contribution in [0.2, 0.25) is 0 Å². The average molecular weight is 370 g/mol. The summed E-state index contributed by atoms with van der Waals surface area (Å²) in [6, 6.07) is 7.72. The van der Waals surface area contributed by atoms with Crippen molar-refractivity contribution in [1.29, 1.82) is 0 Å². The topological polar surface area (TPSA) is 79.5 Å². The minimum Gasteiger partial charge on any atom is -0.396 e. The van der Waals surface area contributed by atoms with Crippen molar-refractivity contribution < 1.29 is 9.90 Å². The fourth-order valence-electron chi connectivity index (χ4n) is 2.87. The highest BCUT2D eigenvalue weighted by Crippen LogP contribution is 2.32. The van der Waals surface area contributed by atoms with Crippen molar-refractivity contribution in [2.45, 2.75) is 33.2 Å². The first-order valence-electron chi connectivity index (χ1n) is 8.66. The lowest BCUT2D eigenvalue weighted by Gasteiger charge is -2.09. The Labute approximate surface area is 156 Å². The molecule has 0 saturated carbocycles. The van der Waals surface area contributed by atoms with Gasteiger partial charge in [0.15, 0.2) is 0 Å². The molecule has 0 aliphatic rings. The van der Waals surface area contributed by atoms with E-state index in [1.807, 2.05) is 41.1 Å². The number of carbonyl (C=O) groups is 1. The summed E-state index contributed by atoms with van der Waals surface area (Å²) < 4.78 is 1.93. The number of aliphatic hydroxyl groups excluding tert-OH is 1. The smallest absolute Gasteiger partial charge is 0.261 e. The van der Waals surface area contributed by atoms with Gasteiger partial charge in [-0.05, 0) is 31.9 Å². The summed E-state index contributed by atoms with van der Waals surface area (Å²) in [7, 11) is 0. The second-order valence-electron chi connectivity index (χ2n) is 5.77. The molecule has 6 nitrogen and oxygen atoms in total. The summed E-state index contributed by atoms with van der Waals surface area (Å²) in [6.45, 7) is 4.56. The molecule has 1 amide bonds. The molecule has 0 bridgehead atoms. The first-order valence-corrected chi connectivity index (χ1v) is 9.54. The molecule has 0 saturated heterocycles. The van der Waals surface area contributed by atoms with Crippen LogP contribution in [-0.2, 0) is 13.0 Å². The maximum absolute atomic E-state index is 12.9. The van der Waals surface area contributed by atoms with E-state index in [2.05, 4.69) is 22.2 Å². The number of aryl methyl sites for hydroxylation is 2. The Morgan fingerprint density at radius 3 is 2.96 bits per heavy atom. The van der Waals surface area contributed by atoms with Crippen molar-refractivity contribution in [3.05, 3.63) is 40.1 Å². The highest BCUT2D eigenvalue weighted by atomic mass is 32.1. The van der Waals surface area contributed by atoms with E-state index in [9.17, 15) is 9.90 Å². The number of fused-ring (bicyclic) bond motifs is 1. The summed E-state index contributed by atoms with van der Waals surface area (Å²) in [5.41, 5.74) is 3.04. The Hall–Kier alpha value is -2.51. The van der Waals surface area contributed by atoms with Crippen LogP contribution in [0.1, 0.15) is 35.5 Å². The van der Waals surface area contributed by atoms with Gasteiger partial charge in [0.25, 0.3) is 5.91 Å². The molecule has 1 aromatic carbocycles. The number of aliphatic hydroxyl groups is 1. The van der Waals surface area contributed by atoms with E-state index in [-0.39, 0.29) is 12.5 Å². The molecule has 2 aromatic heterocycles. The Bertz CT molecular complexity index is 942. The largest absolute Gasteiger partial charge is 0.396 e. The monoisotopic (exact) mass is 370 g/mol. The van der Waals surface area contributed by atoms with Crippen molar-refractivity contribution in [3.8, 4) is 0 Å². The van der Waals surface area contributed by atoms with Gasteiger partial charge in [-0.1, -0.05) is 19.1 Å². The van der Waals surface area contributed by atoms with Crippen LogP contribution in [0.15, 0.2) is 34.6 Å². The summed E-state index contributed by atoms with van der Waals surface area (Å²) in [4.78, 5) is 22.9. The Morgan fingerprint density at radius 2 is 2.23 bits per heavy atom. The van der Waals surface area contributed by atoms with Crippen LogP contribution in [0.4, 0.5) is 11.6 Å². The van der Waals surface area contributed by atoms with E-state index in [0.29, 0.717) is 24.5 Å². The fourth-order valence-corrected chi connectivity index (χ4v) is 3.79. The van der Waals surface area contributed by atoms with Gasteiger partial charge in [0, 0.05) is 29.6 Å². The van der Waals surface area contributed by atoms with E-state index in [4.69, 9.17) is 0 Å². The number of hydrogen-bond acceptors (Lipinski definition) is 5. The number of hydrogen-bond donors (Lipinski definition) is 2. The second kappa shape index (κ2) is 8.25. The number of nitrogens with one attached hydrogen (secondary N) is 1. The number of thiophene rings is 1. The molecule has 3 aromatic rings. The molecule has 0 fully saturated rings. The van der Waals surface area contributed by atoms with Crippen LogP contribution in [0.25, 0.3) is 11.0 Å². The van der Waals surface area contributed by atoms with Gasteiger partial charge < -0.3 is 9.67 Å². The third kappa shape index (κ3) is 3.54. The van der Waals surface area contributed by atoms with Crippen LogP contribution in [0.5, 0.6) is 0 Å². The number of anilines is 1. The van der Waals surface area contributed by atoms with E-state index >= 15 is 0 Å². The zero-order valence-electron chi connectivity index (χ0n) is 14.9. The molecule has 0 spiro atoms. The lowest BCUT2D eigenvalue weighted by atomic mass is 10.2. The molecule has 7 heteroatoms. The number of para-hydroxylation sites is 2. The molecule has 0 aliphatic heterocycles. The second-order valence-corrected chi connectivity index (χ2v) is 6.73. The third-order valence-electron chi connectivity index (χ3n) is 4.08. The molecule has 26 heavy (non-hydrogen) atoms. The maximum Gasteiger partial charge on any atom is 0.261 e. The number of aromatic nitrogens is 2. The Morgan fingerprint density at radius 1 is 1.42 bits per heavy atom. The van der Waals surface area contributed by atoms with Crippen LogP contribution < -0.4 is 5.32 Å². The highest BCUT2D eigenvalue weighted by molar-refractivity contribution is 7.10. The van der Waals surface area contributed by atoms with Gasteiger partial charge in [-0.2, -0.15) is 0 Å². The minimum atomic E-state index is -0.220. The SMILES string of the molecule is C/C=N\c1c(C(=O)Nc2nc3ccccc3n2CCCO)csc1CC. The lowest BCUT2D eigenvalue weighted by molar-refractivity contribution is 0.102. The number of carbonyl (C=O) groups excluding carboxylic acids is 1. The standard InChI is InChI=1S/C19H22N4O2S/c1-3-16-17(20-4-2)13(12-26-16)18(25)22-19-21-14-8-5-6-9-15(14)23(19)10-7-11-24/h4-6,8-9,12,24H,3,7,10-11H2,1-2H3,(H,21,22,25)/b20-4-. The number of amides is 1. The van der Waals surface area contributed by atoms with Crippen LogP contribution in [-0.4, -0.2) is 33.4 Å². The molecule has 2 heterocycles. The Balaban J connectivity index is 1.96. The number of nitrogens with zero attached hydrogens (tertiary/aromatic N) is 3. The van der Waals surface area contributed by atoms with Gasteiger partial charge >= 0.3 is 0 Å². The summed E-state index contributed by atoms with van der Waals surface area (Å²) in [5.74, 6) is 0.266. The van der Waals surface area contributed by atoms with Gasteiger partial charge in [0.1, 0.15) is 0 Å². The van der Waals surface area contributed by atoms with Gasteiger partial charge in [-0.15, -0.1) is 11.3 Å². The van der Waals surface area contributed by atoms with Gasteiger partial charge in [0.05, 0.1) is 22.3 Å². The van der Waals surface area contributed by atoms with E-state index in [0.717, 1.165) is 28.0 Å². The minimum absolute atomic E-state index is 0.0830.